The minimum atomic E-state index is -3.73. The Morgan fingerprint density at radius 3 is 2.63 bits per heavy atom. The molecule has 0 spiro atoms. The van der Waals surface area contributed by atoms with Gasteiger partial charge in [0.2, 0.25) is 11.8 Å². The molecule has 2 N–H and O–H groups in total. The fourth-order valence-electron chi connectivity index (χ4n) is 1.65. The molecule has 0 bridgehead atoms. The highest BCUT2D eigenvalue weighted by Gasteiger charge is 2.32. The monoisotopic (exact) mass is 303 g/mol. The van der Waals surface area contributed by atoms with E-state index in [4.69, 9.17) is 5.73 Å². The Morgan fingerprint density at radius 1 is 1.42 bits per heavy atom. The summed E-state index contributed by atoms with van der Waals surface area (Å²) in [5.41, 5.74) is 5.24. The van der Waals surface area contributed by atoms with Crippen LogP contribution >= 0.6 is 11.3 Å². The minimum Gasteiger partial charge on any atom is -0.366 e. The van der Waals surface area contributed by atoms with E-state index < -0.39 is 15.9 Å². The Kier molecular flexibility index (Phi) is 3.61. The lowest BCUT2D eigenvalue weighted by Gasteiger charge is -2.30. The predicted molar refractivity (Wildman–Crippen MR) is 69.2 cm³/mol. The summed E-state index contributed by atoms with van der Waals surface area (Å²) in [6.07, 6.45) is 0. The highest BCUT2D eigenvalue weighted by atomic mass is 32.2. The van der Waals surface area contributed by atoms with Gasteiger partial charge in [-0.05, 0) is 6.07 Å². The molecule has 1 saturated heterocycles. The number of likely N-dealkylation sites (N-methyl/N-ethyl adjacent to an activating group) is 1. The van der Waals surface area contributed by atoms with E-state index in [0.717, 1.165) is 15.6 Å². The minimum absolute atomic E-state index is 0.0265. The number of hydrogen-bond donors (Lipinski definition) is 1. The summed E-state index contributed by atoms with van der Waals surface area (Å²) in [5.74, 6) is -0.923. The van der Waals surface area contributed by atoms with Gasteiger partial charge in [-0.1, -0.05) is 0 Å². The van der Waals surface area contributed by atoms with Gasteiger partial charge in [0.25, 0.3) is 10.0 Å². The van der Waals surface area contributed by atoms with Gasteiger partial charge in [0.15, 0.2) is 0 Å². The molecule has 0 saturated carbocycles. The van der Waals surface area contributed by atoms with Crippen molar-refractivity contribution in [3.05, 3.63) is 17.0 Å². The third-order valence-corrected chi connectivity index (χ3v) is 6.14. The standard InChI is InChI=1S/C10H13N3O4S2/c1-12-2-3-13(5-8(12)14)19(16,17)9-4-7(6-18-9)10(11)15/h4,6H,2-3,5H2,1H3,(H2,11,15). The van der Waals surface area contributed by atoms with Gasteiger partial charge >= 0.3 is 0 Å². The van der Waals surface area contributed by atoms with Gasteiger partial charge in [-0.3, -0.25) is 9.59 Å². The van der Waals surface area contributed by atoms with Gasteiger partial charge in [-0.2, -0.15) is 4.31 Å². The second-order valence-corrected chi connectivity index (χ2v) is 7.25. The number of amides is 2. The van der Waals surface area contributed by atoms with E-state index >= 15 is 0 Å². The fraction of sp³-hybridized carbons (Fsp3) is 0.400. The molecule has 2 heterocycles. The molecule has 2 amide bonds. The van der Waals surface area contributed by atoms with Crippen molar-refractivity contribution in [2.45, 2.75) is 4.21 Å². The molecule has 0 unspecified atom stereocenters. The van der Waals surface area contributed by atoms with Crippen LogP contribution in [-0.4, -0.2) is 56.1 Å². The Morgan fingerprint density at radius 2 is 2.11 bits per heavy atom. The molecule has 0 aromatic carbocycles. The first-order chi connectivity index (χ1) is 8.82. The van der Waals surface area contributed by atoms with Gasteiger partial charge in [0.1, 0.15) is 4.21 Å². The molecule has 1 aromatic rings. The zero-order chi connectivity index (χ0) is 14.2. The maximum absolute atomic E-state index is 12.3. The van der Waals surface area contributed by atoms with Crippen LogP contribution in [-0.2, 0) is 14.8 Å². The summed E-state index contributed by atoms with van der Waals surface area (Å²) in [6, 6.07) is 1.24. The van der Waals surface area contributed by atoms with Crippen molar-refractivity contribution in [2.75, 3.05) is 26.7 Å². The lowest BCUT2D eigenvalue weighted by molar-refractivity contribution is -0.132. The molecule has 7 nitrogen and oxygen atoms in total. The van der Waals surface area contributed by atoms with E-state index in [1.807, 2.05) is 0 Å². The van der Waals surface area contributed by atoms with Crippen molar-refractivity contribution in [3.8, 4) is 0 Å². The highest BCUT2D eigenvalue weighted by molar-refractivity contribution is 7.91. The number of primary amides is 1. The Hall–Kier alpha value is -1.45. The van der Waals surface area contributed by atoms with Crippen LogP contribution in [0.5, 0.6) is 0 Å². The summed E-state index contributed by atoms with van der Waals surface area (Å²) in [6.45, 7) is 0.420. The average Bonchev–Trinajstić information content (AvgIpc) is 2.82. The molecule has 9 heteroatoms. The van der Waals surface area contributed by atoms with Gasteiger partial charge in [-0.25, -0.2) is 8.42 Å². The highest BCUT2D eigenvalue weighted by Crippen LogP contribution is 2.24. The third-order valence-electron chi connectivity index (χ3n) is 2.88. The Bertz CT molecular complexity index is 622. The van der Waals surface area contributed by atoms with Crippen LogP contribution < -0.4 is 5.73 Å². The zero-order valence-electron chi connectivity index (χ0n) is 10.2. The number of carbonyl (C=O) groups is 2. The van der Waals surface area contributed by atoms with E-state index in [1.54, 1.807) is 7.05 Å². The van der Waals surface area contributed by atoms with Gasteiger partial charge in [0, 0.05) is 25.5 Å². The summed E-state index contributed by atoms with van der Waals surface area (Å²) >= 11 is 0.925. The predicted octanol–water partition coefficient (Wildman–Crippen LogP) is -0.690. The van der Waals surface area contributed by atoms with Crippen molar-refractivity contribution >= 4 is 33.2 Å². The smallest absolute Gasteiger partial charge is 0.253 e. The van der Waals surface area contributed by atoms with Gasteiger partial charge < -0.3 is 10.6 Å². The summed E-state index contributed by atoms with van der Waals surface area (Å²) in [4.78, 5) is 24.0. The molecule has 1 aliphatic rings. The third kappa shape index (κ3) is 2.62. The molecule has 2 rings (SSSR count). The van der Waals surface area contributed by atoms with E-state index in [9.17, 15) is 18.0 Å². The quantitative estimate of drug-likeness (QED) is 0.798. The molecule has 104 valence electrons. The van der Waals surface area contributed by atoms with Crippen LogP contribution in [0.1, 0.15) is 10.4 Å². The number of thiophene rings is 1. The van der Waals surface area contributed by atoms with Crippen molar-refractivity contribution in [2.24, 2.45) is 5.73 Å². The first-order valence-corrected chi connectivity index (χ1v) is 7.77. The lowest BCUT2D eigenvalue weighted by Crippen LogP contribution is -2.50. The number of nitrogens with two attached hydrogens (primary N) is 1. The van der Waals surface area contributed by atoms with Gasteiger partial charge in [0.05, 0.1) is 12.1 Å². The molecule has 0 atom stereocenters. The van der Waals surface area contributed by atoms with Crippen LogP contribution in [0.15, 0.2) is 15.7 Å². The molecule has 1 aromatic heterocycles. The summed E-state index contributed by atoms with van der Waals surface area (Å²) in [7, 11) is -2.11. The van der Waals surface area contributed by atoms with E-state index in [-0.39, 0.29) is 28.8 Å². The zero-order valence-corrected chi connectivity index (χ0v) is 11.8. The molecule has 0 radical (unpaired) electrons. The number of hydrogen-bond acceptors (Lipinski definition) is 5. The molecule has 19 heavy (non-hydrogen) atoms. The second kappa shape index (κ2) is 4.91. The van der Waals surface area contributed by atoms with Crippen molar-refractivity contribution in [1.82, 2.24) is 9.21 Å². The normalized spacial score (nSPS) is 17.7. The molecular weight excluding hydrogens is 290 g/mol. The molecular formula is C10H13N3O4S2. The first kappa shape index (κ1) is 14.0. The lowest BCUT2D eigenvalue weighted by atomic mass is 10.3. The molecule has 0 aliphatic carbocycles. The first-order valence-electron chi connectivity index (χ1n) is 5.45. The number of sulfonamides is 1. The maximum Gasteiger partial charge on any atom is 0.253 e. The Labute approximate surface area is 114 Å². The number of nitrogens with zero attached hydrogens (tertiary/aromatic N) is 2. The van der Waals surface area contributed by atoms with E-state index in [2.05, 4.69) is 0 Å². The van der Waals surface area contributed by atoms with Crippen LogP contribution in [0.25, 0.3) is 0 Å². The van der Waals surface area contributed by atoms with Crippen LogP contribution in [0.2, 0.25) is 0 Å². The van der Waals surface area contributed by atoms with E-state index in [0.29, 0.717) is 6.54 Å². The largest absolute Gasteiger partial charge is 0.366 e. The van der Waals surface area contributed by atoms with Gasteiger partial charge in [-0.15, -0.1) is 11.3 Å². The fourth-order valence-corrected chi connectivity index (χ4v) is 4.35. The van der Waals surface area contributed by atoms with Crippen molar-refractivity contribution < 1.29 is 18.0 Å². The van der Waals surface area contributed by atoms with Crippen LogP contribution in [0.4, 0.5) is 0 Å². The number of carbonyl (C=O) groups excluding carboxylic acids is 2. The average molecular weight is 303 g/mol. The number of rotatable bonds is 3. The topological polar surface area (TPSA) is 101 Å². The van der Waals surface area contributed by atoms with E-state index in [1.165, 1.54) is 16.3 Å². The number of piperazine rings is 1. The summed E-state index contributed by atoms with van der Waals surface area (Å²) in [5, 5.41) is 1.40. The van der Waals surface area contributed by atoms with Crippen LogP contribution in [0.3, 0.4) is 0 Å². The van der Waals surface area contributed by atoms with Crippen LogP contribution in [0, 0.1) is 0 Å². The second-order valence-electron chi connectivity index (χ2n) is 4.17. The maximum atomic E-state index is 12.3. The summed E-state index contributed by atoms with van der Waals surface area (Å²) < 4.78 is 25.7. The SMILES string of the molecule is CN1CCN(S(=O)(=O)c2cc(C(N)=O)cs2)CC1=O. The molecule has 1 fully saturated rings. The Balaban J connectivity index is 2.27. The molecule has 1 aliphatic heterocycles. The van der Waals surface area contributed by atoms with Crippen molar-refractivity contribution in [1.29, 1.82) is 0 Å². The van der Waals surface area contributed by atoms with Crippen molar-refractivity contribution in [3.63, 3.8) is 0 Å².